The fourth-order valence-electron chi connectivity index (χ4n) is 4.54. The highest BCUT2D eigenvalue weighted by atomic mass is 19.1. The number of morpholine rings is 1. The van der Waals surface area contributed by atoms with Gasteiger partial charge < -0.3 is 14.4 Å². The summed E-state index contributed by atoms with van der Waals surface area (Å²) in [7, 11) is 0. The highest BCUT2D eigenvalue weighted by Crippen LogP contribution is 2.34. The van der Waals surface area contributed by atoms with Crippen LogP contribution in [0.4, 0.5) is 4.39 Å². The molecule has 9 heteroatoms. The molecule has 3 aliphatic rings. The second-order valence-corrected chi connectivity index (χ2v) is 8.56. The summed E-state index contributed by atoms with van der Waals surface area (Å²) < 4.78 is 35.1. The number of ether oxygens (including phenoxy) is 2. The molecule has 3 heterocycles. The van der Waals surface area contributed by atoms with E-state index in [4.69, 9.17) is 10.8 Å². The second-order valence-electron chi connectivity index (χ2n) is 8.56. The average Bonchev–Trinajstić information content (AvgIpc) is 3.21. The first-order valence-corrected chi connectivity index (χ1v) is 11.3. The molecule has 0 aliphatic carbocycles. The van der Waals surface area contributed by atoms with Crippen LogP contribution in [0.1, 0.15) is 41.3 Å². The Balaban J connectivity index is 1.32. The van der Waals surface area contributed by atoms with Crippen LogP contribution in [0, 0.1) is 5.82 Å². The van der Waals surface area contributed by atoms with Gasteiger partial charge in [-0.3, -0.25) is 24.6 Å². The Kier molecular flexibility index (Phi) is 5.95. The molecule has 2 aromatic rings. The van der Waals surface area contributed by atoms with Gasteiger partial charge in [-0.15, -0.1) is 0 Å². The number of fused-ring (bicyclic) bond motifs is 1. The van der Waals surface area contributed by atoms with E-state index in [1.807, 2.05) is 0 Å². The maximum absolute atomic E-state index is 15.2. The van der Waals surface area contributed by atoms with Crippen molar-refractivity contribution in [1.82, 2.24) is 15.1 Å². The van der Waals surface area contributed by atoms with E-state index in [0.717, 1.165) is 18.0 Å². The molecule has 0 radical (unpaired) electrons. The Morgan fingerprint density at radius 2 is 1.88 bits per heavy atom. The van der Waals surface area contributed by atoms with Crippen LogP contribution < -0.4 is 10.1 Å². The van der Waals surface area contributed by atoms with Gasteiger partial charge >= 0.3 is 0 Å². The normalized spacial score (nSPS) is 23.5. The number of rotatable bonds is 6. The number of hydrogen-bond donors (Lipinski definition) is 1. The van der Waals surface area contributed by atoms with Crippen LogP contribution in [0.5, 0.6) is 5.75 Å². The zero-order valence-corrected chi connectivity index (χ0v) is 18.6. The Hall–Kier alpha value is -3.30. The molecule has 2 fully saturated rings. The van der Waals surface area contributed by atoms with Gasteiger partial charge in [-0.25, -0.2) is 4.39 Å². The van der Waals surface area contributed by atoms with E-state index in [-0.39, 0.29) is 31.8 Å². The molecular formula is C25H26FN3O5. The van der Waals surface area contributed by atoms with Crippen LogP contribution in [0.25, 0.3) is 0 Å². The molecule has 34 heavy (non-hydrogen) atoms. The molecular weight excluding hydrogens is 441 g/mol. The highest BCUT2D eigenvalue weighted by Gasteiger charge is 2.40. The summed E-state index contributed by atoms with van der Waals surface area (Å²) >= 11 is 0. The zero-order chi connectivity index (χ0) is 24.6. The Labute approximate surface area is 198 Å². The van der Waals surface area contributed by atoms with Crippen LogP contribution in [0.3, 0.4) is 0 Å². The first-order valence-electron chi connectivity index (χ1n) is 11.8. The third kappa shape index (κ3) is 4.41. The van der Waals surface area contributed by atoms with Gasteiger partial charge in [0, 0.05) is 48.3 Å². The summed E-state index contributed by atoms with van der Waals surface area (Å²) in [5.74, 6) is -1.66. The first-order chi connectivity index (χ1) is 16.9. The van der Waals surface area contributed by atoms with Crippen LogP contribution in [-0.2, 0) is 34.0 Å². The molecule has 5 rings (SSSR count). The van der Waals surface area contributed by atoms with E-state index in [9.17, 15) is 14.4 Å². The number of piperidine rings is 1. The molecule has 1 N–H and O–H groups in total. The molecule has 3 amide bonds. The predicted molar refractivity (Wildman–Crippen MR) is 119 cm³/mol. The maximum atomic E-state index is 15.2. The van der Waals surface area contributed by atoms with Crippen LogP contribution in [-0.4, -0.2) is 59.8 Å². The summed E-state index contributed by atoms with van der Waals surface area (Å²) in [6, 6.07) is 8.31. The summed E-state index contributed by atoms with van der Waals surface area (Å²) in [6.45, 7) is 3.23. The quantitative estimate of drug-likeness (QED) is 0.653. The van der Waals surface area contributed by atoms with E-state index < -0.39 is 23.7 Å². The summed E-state index contributed by atoms with van der Waals surface area (Å²) in [5.41, 5.74) is 1.86. The molecule has 0 saturated carbocycles. The lowest BCUT2D eigenvalue weighted by Crippen LogP contribution is -2.52. The fourth-order valence-corrected chi connectivity index (χ4v) is 4.54. The molecule has 0 bridgehead atoms. The van der Waals surface area contributed by atoms with Crippen molar-refractivity contribution < 1.29 is 29.6 Å². The lowest BCUT2D eigenvalue weighted by Gasteiger charge is -2.29. The van der Waals surface area contributed by atoms with Crippen molar-refractivity contribution in [3.05, 3.63) is 64.5 Å². The van der Waals surface area contributed by atoms with Gasteiger partial charge in [-0.05, 0) is 18.6 Å². The molecule has 0 unspecified atom stereocenters. The zero-order valence-electron chi connectivity index (χ0n) is 19.6. The molecule has 1 atom stereocenters. The minimum Gasteiger partial charge on any atom is -0.488 e. The maximum Gasteiger partial charge on any atom is 0.255 e. The van der Waals surface area contributed by atoms with Gasteiger partial charge in [0.05, 0.1) is 21.1 Å². The van der Waals surface area contributed by atoms with Crippen molar-refractivity contribution >= 4 is 17.7 Å². The summed E-state index contributed by atoms with van der Waals surface area (Å²) in [5, 5.41) is 2.15. The number of amides is 3. The predicted octanol–water partition coefficient (Wildman–Crippen LogP) is 2.00. The van der Waals surface area contributed by atoms with E-state index in [1.54, 1.807) is 36.4 Å². The van der Waals surface area contributed by atoms with E-state index >= 15 is 4.39 Å². The third-order valence-corrected chi connectivity index (χ3v) is 6.39. The van der Waals surface area contributed by atoms with Gasteiger partial charge in [0.25, 0.3) is 5.91 Å². The van der Waals surface area contributed by atoms with Crippen LogP contribution in [0.2, 0.25) is 0 Å². The standard InChI is InChI=1S/C25H26FN3O5/c26-23-16(13-28-9-11-33-12-10-28)3-1-4-17(23)15-34-21-6-2-5-18-19(21)14-29(25(18)32)20-7-8-22(30)27-24(20)31/h1-6,20H,7-15H2,(H,27,30,31)/t20-/m1/s1/i20D. The highest BCUT2D eigenvalue weighted by molar-refractivity contribution is 6.05. The van der Waals surface area contributed by atoms with Crippen molar-refractivity contribution in [2.75, 3.05) is 26.3 Å². The van der Waals surface area contributed by atoms with Crippen LogP contribution >= 0.6 is 0 Å². The smallest absolute Gasteiger partial charge is 0.255 e. The topological polar surface area (TPSA) is 88.2 Å². The Bertz CT molecular complexity index is 1190. The number of nitrogens with one attached hydrogen (secondary N) is 1. The Morgan fingerprint density at radius 1 is 1.12 bits per heavy atom. The van der Waals surface area contributed by atoms with Crippen LogP contribution in [0.15, 0.2) is 36.4 Å². The first kappa shape index (κ1) is 21.2. The molecule has 8 nitrogen and oxygen atoms in total. The monoisotopic (exact) mass is 468 g/mol. The van der Waals surface area contributed by atoms with Gasteiger partial charge in [-0.2, -0.15) is 0 Å². The van der Waals surface area contributed by atoms with Crippen molar-refractivity contribution in [3.8, 4) is 5.75 Å². The summed E-state index contributed by atoms with van der Waals surface area (Å²) in [4.78, 5) is 40.3. The lowest BCUT2D eigenvalue weighted by atomic mass is 10.0. The largest absolute Gasteiger partial charge is 0.488 e. The van der Waals surface area contributed by atoms with Crippen molar-refractivity contribution in [3.63, 3.8) is 0 Å². The Morgan fingerprint density at radius 3 is 2.68 bits per heavy atom. The number of nitrogens with zero attached hydrogens (tertiary/aromatic N) is 2. The lowest BCUT2D eigenvalue weighted by molar-refractivity contribution is -0.136. The molecule has 2 saturated heterocycles. The third-order valence-electron chi connectivity index (χ3n) is 6.39. The number of hydrogen-bond acceptors (Lipinski definition) is 6. The second kappa shape index (κ2) is 9.52. The minimum atomic E-state index is -1.87. The molecule has 178 valence electrons. The van der Waals surface area contributed by atoms with Gasteiger partial charge in [0.15, 0.2) is 0 Å². The van der Waals surface area contributed by atoms with E-state index in [0.29, 0.717) is 47.8 Å². The van der Waals surface area contributed by atoms with Crippen molar-refractivity contribution in [2.24, 2.45) is 0 Å². The summed E-state index contributed by atoms with van der Waals surface area (Å²) in [6.07, 6.45) is -0.0898. The average molecular weight is 469 g/mol. The van der Waals surface area contributed by atoms with Crippen molar-refractivity contribution in [2.45, 2.75) is 38.6 Å². The van der Waals surface area contributed by atoms with Gasteiger partial charge in [-0.1, -0.05) is 24.3 Å². The fraction of sp³-hybridized carbons (Fsp3) is 0.400. The minimum absolute atomic E-state index is 0.00496. The molecule has 0 spiro atoms. The number of carbonyl (C=O) groups is 3. The number of imide groups is 1. The van der Waals surface area contributed by atoms with E-state index in [2.05, 4.69) is 10.2 Å². The molecule has 3 aliphatic heterocycles. The van der Waals surface area contributed by atoms with Crippen molar-refractivity contribution in [1.29, 1.82) is 0 Å². The number of carbonyl (C=O) groups excluding carboxylic acids is 3. The number of benzene rings is 2. The number of halogens is 1. The van der Waals surface area contributed by atoms with Gasteiger partial charge in [0.2, 0.25) is 11.8 Å². The SMILES string of the molecule is [2H][C@@]1(N2Cc3c(OCc4cccc(CN5CCOCC5)c4F)cccc3C2=O)CCC(=O)NC1=O. The van der Waals surface area contributed by atoms with E-state index in [1.165, 1.54) is 0 Å². The molecule has 2 aromatic carbocycles. The molecule has 0 aromatic heterocycles. The van der Waals surface area contributed by atoms with Gasteiger partial charge in [0.1, 0.15) is 24.2 Å².